The van der Waals surface area contributed by atoms with Gasteiger partial charge in [-0.1, -0.05) is 17.7 Å². The highest BCUT2D eigenvalue weighted by Crippen LogP contribution is 2.49. The summed E-state index contributed by atoms with van der Waals surface area (Å²) in [6.45, 7) is 1.92. The average Bonchev–Trinajstić information content (AvgIpc) is 2.42. The van der Waals surface area contributed by atoms with E-state index < -0.39 is 7.82 Å². The van der Waals surface area contributed by atoms with Crippen molar-refractivity contribution in [2.24, 2.45) is 0 Å². The van der Waals surface area contributed by atoms with Gasteiger partial charge in [-0.05, 0) is 25.1 Å². The van der Waals surface area contributed by atoms with Gasteiger partial charge in [-0.2, -0.15) is 0 Å². The maximum atomic E-state index is 12.0. The molecule has 0 aromatic heterocycles. The van der Waals surface area contributed by atoms with Gasteiger partial charge in [-0.3, -0.25) is 9.05 Å². The molecule has 1 N–H and O–H groups in total. The van der Waals surface area contributed by atoms with Crippen molar-refractivity contribution < 1.29 is 23.2 Å². The molecule has 0 aliphatic carbocycles. The summed E-state index contributed by atoms with van der Waals surface area (Å²) in [5, 5.41) is 11.1. The van der Waals surface area contributed by atoms with Crippen molar-refractivity contribution in [3.05, 3.63) is 35.9 Å². The molecule has 0 unspecified atom stereocenters. The van der Waals surface area contributed by atoms with Gasteiger partial charge in [-0.25, -0.2) is 4.57 Å². The zero-order chi connectivity index (χ0) is 14.0. The fourth-order valence-corrected chi connectivity index (χ4v) is 2.47. The normalized spacial score (nSPS) is 11.7. The molecule has 2 rings (SSSR count). The van der Waals surface area contributed by atoms with Crippen molar-refractivity contribution in [3.8, 4) is 11.5 Å². The van der Waals surface area contributed by atoms with E-state index in [4.69, 9.17) is 13.6 Å². The SMILES string of the molecule is COP(=O)(OC)Oc1ccc(O)c2cc(C)ccc12. The molecule has 19 heavy (non-hydrogen) atoms. The number of hydrogen-bond donors (Lipinski definition) is 1. The summed E-state index contributed by atoms with van der Waals surface area (Å²) in [4.78, 5) is 0. The van der Waals surface area contributed by atoms with Crippen molar-refractivity contribution in [2.45, 2.75) is 6.92 Å². The second-order valence-electron chi connectivity index (χ2n) is 4.04. The third kappa shape index (κ3) is 2.73. The fourth-order valence-electron chi connectivity index (χ4n) is 1.77. The summed E-state index contributed by atoms with van der Waals surface area (Å²) in [6.07, 6.45) is 0. The van der Waals surface area contributed by atoms with Crippen LogP contribution < -0.4 is 4.52 Å². The average molecular weight is 282 g/mol. The van der Waals surface area contributed by atoms with Crippen LogP contribution in [0.25, 0.3) is 10.8 Å². The van der Waals surface area contributed by atoms with Crippen molar-refractivity contribution in [1.29, 1.82) is 0 Å². The first-order chi connectivity index (χ1) is 8.99. The van der Waals surface area contributed by atoms with E-state index in [9.17, 15) is 9.67 Å². The van der Waals surface area contributed by atoms with Crippen LogP contribution in [0.2, 0.25) is 0 Å². The summed E-state index contributed by atoms with van der Waals surface area (Å²) in [7, 11) is -1.12. The molecule has 0 saturated heterocycles. The Kier molecular flexibility index (Phi) is 3.80. The van der Waals surface area contributed by atoms with Crippen LogP contribution in [0, 0.1) is 6.92 Å². The molecule has 0 amide bonds. The highest BCUT2D eigenvalue weighted by Gasteiger charge is 2.25. The number of aromatic hydroxyl groups is 1. The van der Waals surface area contributed by atoms with Crippen LogP contribution in [0.3, 0.4) is 0 Å². The Morgan fingerprint density at radius 1 is 1.05 bits per heavy atom. The number of phenols is 1. The van der Waals surface area contributed by atoms with Gasteiger partial charge in [0.2, 0.25) is 0 Å². The number of aryl methyl sites for hydroxylation is 1. The van der Waals surface area contributed by atoms with Crippen molar-refractivity contribution in [3.63, 3.8) is 0 Å². The lowest BCUT2D eigenvalue weighted by Gasteiger charge is -2.16. The summed E-state index contributed by atoms with van der Waals surface area (Å²) < 4.78 is 26.8. The van der Waals surface area contributed by atoms with E-state index in [1.54, 1.807) is 6.07 Å². The number of benzene rings is 2. The lowest BCUT2D eigenvalue weighted by Crippen LogP contribution is -1.97. The minimum absolute atomic E-state index is 0.135. The Morgan fingerprint density at radius 3 is 2.37 bits per heavy atom. The van der Waals surface area contributed by atoms with E-state index in [1.165, 1.54) is 26.4 Å². The minimum atomic E-state index is -3.62. The molecule has 0 aliphatic rings. The Hall–Kier alpha value is -1.55. The molecular formula is C13H15O5P. The van der Waals surface area contributed by atoms with Crippen molar-refractivity contribution >= 4 is 18.6 Å². The van der Waals surface area contributed by atoms with Crippen LogP contribution in [0.4, 0.5) is 0 Å². The minimum Gasteiger partial charge on any atom is -0.507 e. The predicted molar refractivity (Wildman–Crippen MR) is 72.6 cm³/mol. The van der Waals surface area contributed by atoms with E-state index in [2.05, 4.69) is 0 Å². The third-order valence-electron chi connectivity index (χ3n) is 2.77. The topological polar surface area (TPSA) is 65.0 Å². The molecule has 0 spiro atoms. The predicted octanol–water partition coefficient (Wildman–Crippen LogP) is 3.63. The van der Waals surface area contributed by atoms with Gasteiger partial charge < -0.3 is 9.63 Å². The zero-order valence-electron chi connectivity index (χ0n) is 10.9. The second kappa shape index (κ2) is 5.21. The molecule has 0 bridgehead atoms. The van der Waals surface area contributed by atoms with E-state index in [0.717, 1.165) is 5.56 Å². The number of rotatable bonds is 4. The first kappa shape index (κ1) is 13.9. The molecule has 0 radical (unpaired) electrons. The highest BCUT2D eigenvalue weighted by molar-refractivity contribution is 7.48. The Labute approximate surface area is 111 Å². The van der Waals surface area contributed by atoms with Crippen LogP contribution in [0.1, 0.15) is 5.56 Å². The van der Waals surface area contributed by atoms with E-state index in [1.807, 2.05) is 19.1 Å². The van der Waals surface area contributed by atoms with Gasteiger partial charge in [0.25, 0.3) is 0 Å². The van der Waals surface area contributed by atoms with E-state index >= 15 is 0 Å². The fraction of sp³-hybridized carbons (Fsp3) is 0.231. The largest absolute Gasteiger partial charge is 0.529 e. The number of phenolic OH excluding ortho intramolecular Hbond substituents is 1. The van der Waals surface area contributed by atoms with Gasteiger partial charge >= 0.3 is 7.82 Å². The third-order valence-corrected chi connectivity index (χ3v) is 4.08. The molecule has 6 heteroatoms. The van der Waals surface area contributed by atoms with Crippen LogP contribution in [0.5, 0.6) is 11.5 Å². The van der Waals surface area contributed by atoms with Gasteiger partial charge in [0.15, 0.2) is 0 Å². The van der Waals surface area contributed by atoms with Crippen LogP contribution in [0.15, 0.2) is 30.3 Å². The smallest absolute Gasteiger partial charge is 0.507 e. The molecule has 0 saturated carbocycles. The molecule has 2 aromatic carbocycles. The van der Waals surface area contributed by atoms with Crippen molar-refractivity contribution in [1.82, 2.24) is 0 Å². The van der Waals surface area contributed by atoms with Crippen LogP contribution in [-0.4, -0.2) is 19.3 Å². The summed E-state index contributed by atoms with van der Waals surface area (Å²) in [6, 6.07) is 8.49. The zero-order valence-corrected chi connectivity index (χ0v) is 11.8. The molecule has 0 fully saturated rings. The molecule has 2 aromatic rings. The van der Waals surface area contributed by atoms with Gasteiger partial charge in [-0.15, -0.1) is 0 Å². The van der Waals surface area contributed by atoms with Crippen LogP contribution >= 0.6 is 7.82 Å². The molecule has 0 heterocycles. The number of fused-ring (bicyclic) bond motifs is 1. The lowest BCUT2D eigenvalue weighted by atomic mass is 10.1. The Bertz CT molecular complexity index is 645. The second-order valence-corrected chi connectivity index (χ2v) is 5.84. The number of phosphoric acid groups is 1. The summed E-state index contributed by atoms with van der Waals surface area (Å²) in [5.74, 6) is 0.468. The quantitative estimate of drug-likeness (QED) is 0.867. The maximum absolute atomic E-state index is 12.0. The Morgan fingerprint density at radius 2 is 1.74 bits per heavy atom. The molecule has 102 valence electrons. The van der Waals surface area contributed by atoms with Gasteiger partial charge in [0.1, 0.15) is 11.5 Å². The first-order valence-corrected chi connectivity index (χ1v) is 7.08. The van der Waals surface area contributed by atoms with E-state index in [0.29, 0.717) is 16.5 Å². The standard InChI is InChI=1S/C13H15O5P/c1-9-4-5-10-11(8-9)12(14)6-7-13(10)18-19(15,16-2)17-3/h4-8,14H,1-3H3. The maximum Gasteiger partial charge on any atom is 0.529 e. The first-order valence-electron chi connectivity index (χ1n) is 5.62. The number of hydrogen-bond acceptors (Lipinski definition) is 5. The van der Waals surface area contributed by atoms with Gasteiger partial charge in [0, 0.05) is 25.0 Å². The molecular weight excluding hydrogens is 267 g/mol. The summed E-state index contributed by atoms with van der Waals surface area (Å²) in [5.41, 5.74) is 1.00. The van der Waals surface area contributed by atoms with Crippen LogP contribution in [-0.2, 0) is 13.6 Å². The van der Waals surface area contributed by atoms with Crippen molar-refractivity contribution in [2.75, 3.05) is 14.2 Å². The molecule has 5 nitrogen and oxygen atoms in total. The lowest BCUT2D eigenvalue weighted by molar-refractivity contribution is 0.212. The Balaban J connectivity index is 2.56. The van der Waals surface area contributed by atoms with E-state index in [-0.39, 0.29) is 5.75 Å². The van der Waals surface area contributed by atoms with Gasteiger partial charge in [0.05, 0.1) is 0 Å². The number of phosphoric ester groups is 1. The molecule has 0 atom stereocenters. The highest BCUT2D eigenvalue weighted by atomic mass is 31.2. The molecule has 0 aliphatic heterocycles. The monoisotopic (exact) mass is 282 g/mol. The summed E-state index contributed by atoms with van der Waals surface area (Å²) >= 11 is 0.